The van der Waals surface area contributed by atoms with Gasteiger partial charge in [-0.25, -0.2) is 4.79 Å². The fourth-order valence-electron chi connectivity index (χ4n) is 3.01. The molecule has 4 nitrogen and oxygen atoms in total. The van der Waals surface area contributed by atoms with Gasteiger partial charge in [0.1, 0.15) is 19.2 Å². The summed E-state index contributed by atoms with van der Waals surface area (Å²) in [4.78, 5) is 12.3. The van der Waals surface area contributed by atoms with Gasteiger partial charge >= 0.3 is 5.63 Å². The SMILES string of the molecule is Cc1ccc2c(c1)c(O)cc1c3cc(C)ccc3c(=O)oc21.[B]C(C)(O)C#C. The second-order valence-electron chi connectivity index (χ2n) is 7.05. The van der Waals surface area contributed by atoms with Gasteiger partial charge in [-0.05, 0) is 39.0 Å². The first-order chi connectivity index (χ1) is 13.1. The van der Waals surface area contributed by atoms with Gasteiger partial charge in [-0.2, -0.15) is 0 Å². The molecule has 1 heterocycles. The van der Waals surface area contributed by atoms with E-state index in [2.05, 4.69) is 6.42 Å². The van der Waals surface area contributed by atoms with Gasteiger partial charge in [-0.1, -0.05) is 41.3 Å². The van der Waals surface area contributed by atoms with Crippen LogP contribution in [-0.4, -0.2) is 23.6 Å². The summed E-state index contributed by atoms with van der Waals surface area (Å²) in [5.41, 5.74) is 0.843. The van der Waals surface area contributed by atoms with E-state index in [4.69, 9.17) is 17.4 Å². The standard InChI is InChI=1S/C19H14O3.C4H5BO/c1-10-4-6-13-14(7-10)16-9-17(20)15-8-11(2)3-5-12(15)18(16)22-19(13)21;1-3-4(2,5)6/h3-9,20H,1-2H3;1,6H,2H3. The second-order valence-corrected chi connectivity index (χ2v) is 7.05. The lowest BCUT2D eigenvalue weighted by Crippen LogP contribution is -2.19. The zero-order chi connectivity index (χ0) is 20.6. The van der Waals surface area contributed by atoms with Gasteiger partial charge in [0, 0.05) is 21.5 Å². The summed E-state index contributed by atoms with van der Waals surface area (Å²) in [6, 6.07) is 13.0. The molecule has 1 atom stereocenters. The Morgan fingerprint density at radius 2 is 1.50 bits per heavy atom. The Hall–Kier alpha value is -3.23. The van der Waals surface area contributed by atoms with Crippen molar-refractivity contribution in [3.63, 3.8) is 0 Å². The summed E-state index contributed by atoms with van der Waals surface area (Å²) in [7, 11) is 4.85. The predicted octanol–water partition coefficient (Wildman–Crippen LogP) is 3.92. The lowest BCUT2D eigenvalue weighted by atomic mass is 9.85. The fraction of sp³-hybridized carbons (Fsp3) is 0.174. The molecule has 28 heavy (non-hydrogen) atoms. The highest BCUT2D eigenvalue weighted by Crippen LogP contribution is 2.35. The quantitative estimate of drug-likeness (QED) is 0.213. The number of phenols is 1. The molecular weight excluding hydrogens is 351 g/mol. The van der Waals surface area contributed by atoms with Crippen LogP contribution in [0.2, 0.25) is 0 Å². The molecule has 2 N–H and O–H groups in total. The average molecular weight is 370 g/mol. The summed E-state index contributed by atoms with van der Waals surface area (Å²) in [5.74, 6) is 2.13. The maximum atomic E-state index is 12.3. The Kier molecular flexibility index (Phi) is 4.93. The second kappa shape index (κ2) is 7.07. The number of phenolic OH excluding ortho intramolecular Hbond substituents is 1. The number of hydrogen-bond donors (Lipinski definition) is 2. The third kappa shape index (κ3) is 3.73. The van der Waals surface area contributed by atoms with Crippen LogP contribution in [0.5, 0.6) is 5.75 Å². The topological polar surface area (TPSA) is 70.7 Å². The first kappa shape index (κ1) is 19.5. The van der Waals surface area contributed by atoms with Crippen molar-refractivity contribution >= 4 is 40.4 Å². The molecule has 4 rings (SSSR count). The lowest BCUT2D eigenvalue weighted by molar-refractivity contribution is 0.210. The smallest absolute Gasteiger partial charge is 0.344 e. The highest BCUT2D eigenvalue weighted by molar-refractivity contribution is 6.16. The van der Waals surface area contributed by atoms with Crippen molar-refractivity contribution in [3.05, 3.63) is 64.0 Å². The Morgan fingerprint density at radius 1 is 0.964 bits per heavy atom. The van der Waals surface area contributed by atoms with Crippen molar-refractivity contribution in [1.29, 1.82) is 0 Å². The van der Waals surface area contributed by atoms with Gasteiger partial charge in [0.15, 0.2) is 0 Å². The Labute approximate surface area is 163 Å². The zero-order valence-electron chi connectivity index (χ0n) is 15.9. The van der Waals surface area contributed by atoms with E-state index in [1.807, 2.05) is 50.1 Å². The van der Waals surface area contributed by atoms with Gasteiger partial charge < -0.3 is 14.6 Å². The molecule has 5 heteroatoms. The molecular formula is C23H19BO4. The monoisotopic (exact) mass is 370 g/mol. The predicted molar refractivity (Wildman–Crippen MR) is 114 cm³/mol. The Balaban J connectivity index is 0.000000330. The maximum absolute atomic E-state index is 12.3. The van der Waals surface area contributed by atoms with E-state index in [0.29, 0.717) is 16.4 Å². The van der Waals surface area contributed by atoms with Gasteiger partial charge in [-0.3, -0.25) is 0 Å². The Bertz CT molecular complexity index is 1300. The van der Waals surface area contributed by atoms with Gasteiger partial charge in [0.25, 0.3) is 0 Å². The largest absolute Gasteiger partial charge is 0.507 e. The first-order valence-corrected chi connectivity index (χ1v) is 8.69. The lowest BCUT2D eigenvalue weighted by Gasteiger charge is -2.09. The third-order valence-electron chi connectivity index (χ3n) is 4.39. The van der Waals surface area contributed by atoms with Crippen molar-refractivity contribution in [2.24, 2.45) is 0 Å². The highest BCUT2D eigenvalue weighted by Gasteiger charge is 2.13. The number of benzene rings is 3. The summed E-state index contributed by atoms with van der Waals surface area (Å²) in [6.45, 7) is 5.28. The van der Waals surface area contributed by atoms with E-state index in [9.17, 15) is 9.90 Å². The van der Waals surface area contributed by atoms with E-state index in [0.717, 1.165) is 27.3 Å². The third-order valence-corrected chi connectivity index (χ3v) is 4.39. The number of terminal acetylenes is 1. The van der Waals surface area contributed by atoms with Crippen LogP contribution in [0, 0.1) is 26.2 Å². The van der Waals surface area contributed by atoms with Crippen LogP contribution in [0.25, 0.3) is 32.5 Å². The summed E-state index contributed by atoms with van der Waals surface area (Å²) in [5, 5.41) is 22.3. The normalized spacial score (nSPS) is 13.0. The average Bonchev–Trinajstić information content (AvgIpc) is 2.63. The molecule has 1 aromatic heterocycles. The maximum Gasteiger partial charge on any atom is 0.344 e. The summed E-state index contributed by atoms with van der Waals surface area (Å²) in [6.07, 6.45) is 4.68. The molecule has 0 spiro atoms. The van der Waals surface area contributed by atoms with Crippen LogP contribution in [0.4, 0.5) is 0 Å². The molecule has 0 saturated heterocycles. The van der Waals surface area contributed by atoms with Crippen LogP contribution in [0.3, 0.4) is 0 Å². The van der Waals surface area contributed by atoms with Crippen molar-refractivity contribution in [1.82, 2.24) is 0 Å². The molecule has 0 saturated carbocycles. The Morgan fingerprint density at radius 3 is 2.07 bits per heavy atom. The number of rotatable bonds is 0. The van der Waals surface area contributed by atoms with Crippen LogP contribution >= 0.6 is 0 Å². The van der Waals surface area contributed by atoms with Crippen LogP contribution in [0.1, 0.15) is 18.1 Å². The molecule has 2 radical (unpaired) electrons. The fourth-order valence-corrected chi connectivity index (χ4v) is 3.01. The number of aryl methyl sites for hydroxylation is 2. The van der Waals surface area contributed by atoms with Crippen LogP contribution in [-0.2, 0) is 0 Å². The van der Waals surface area contributed by atoms with Crippen molar-refractivity contribution in [2.45, 2.75) is 26.3 Å². The molecule has 0 aliphatic carbocycles. The number of aliphatic hydroxyl groups is 1. The number of aromatic hydroxyl groups is 1. The number of hydrogen-bond acceptors (Lipinski definition) is 4. The van der Waals surface area contributed by atoms with Gasteiger partial charge in [0.2, 0.25) is 0 Å². The molecule has 138 valence electrons. The minimum atomic E-state index is -1.43. The van der Waals surface area contributed by atoms with Crippen molar-refractivity contribution in [2.75, 3.05) is 0 Å². The molecule has 0 bridgehead atoms. The molecule has 0 aliphatic rings. The molecule has 0 aliphatic heterocycles. The zero-order valence-corrected chi connectivity index (χ0v) is 15.9. The van der Waals surface area contributed by atoms with E-state index >= 15 is 0 Å². The minimum Gasteiger partial charge on any atom is -0.507 e. The van der Waals surface area contributed by atoms with Gasteiger partial charge in [0.05, 0.1) is 10.9 Å². The molecule has 1 unspecified atom stereocenters. The van der Waals surface area contributed by atoms with E-state index in [-0.39, 0.29) is 11.4 Å². The van der Waals surface area contributed by atoms with E-state index < -0.39 is 5.50 Å². The van der Waals surface area contributed by atoms with Crippen LogP contribution < -0.4 is 5.63 Å². The molecule has 0 amide bonds. The highest BCUT2D eigenvalue weighted by atomic mass is 16.4. The molecule has 3 aromatic carbocycles. The van der Waals surface area contributed by atoms with Gasteiger partial charge in [-0.15, -0.1) is 6.42 Å². The minimum absolute atomic E-state index is 0.197. The van der Waals surface area contributed by atoms with Crippen molar-refractivity contribution < 1.29 is 14.6 Å². The molecule has 0 fully saturated rings. The first-order valence-electron chi connectivity index (χ1n) is 8.69. The number of fused-ring (bicyclic) bond motifs is 5. The summed E-state index contributed by atoms with van der Waals surface area (Å²) < 4.78 is 5.56. The molecule has 4 aromatic rings. The van der Waals surface area contributed by atoms with Crippen molar-refractivity contribution in [3.8, 4) is 18.1 Å². The van der Waals surface area contributed by atoms with Crippen LogP contribution in [0.15, 0.2) is 51.7 Å². The summed E-state index contributed by atoms with van der Waals surface area (Å²) >= 11 is 0. The van der Waals surface area contributed by atoms with E-state index in [1.165, 1.54) is 6.92 Å². The van der Waals surface area contributed by atoms with E-state index in [1.54, 1.807) is 12.1 Å².